The Morgan fingerprint density at radius 3 is 2.70 bits per heavy atom. The maximum Gasteiger partial charge on any atom is 0.239 e. The lowest BCUT2D eigenvalue weighted by molar-refractivity contribution is -0.120. The van der Waals surface area contributed by atoms with Gasteiger partial charge in [0.05, 0.1) is 13.1 Å². The zero-order valence-corrected chi connectivity index (χ0v) is 15.2. The van der Waals surface area contributed by atoms with Crippen molar-refractivity contribution >= 4 is 35.8 Å². The average Bonchev–Trinajstić information content (AvgIpc) is 3.29. The van der Waals surface area contributed by atoms with Gasteiger partial charge in [-0.05, 0) is 38.0 Å². The van der Waals surface area contributed by atoms with Crippen molar-refractivity contribution in [1.29, 1.82) is 0 Å². The lowest BCUT2D eigenvalue weighted by Crippen LogP contribution is -2.43. The van der Waals surface area contributed by atoms with Crippen LogP contribution in [0.3, 0.4) is 0 Å². The van der Waals surface area contributed by atoms with Crippen molar-refractivity contribution in [3.8, 4) is 0 Å². The molecule has 1 amide bonds. The molecule has 0 unspecified atom stereocenters. The van der Waals surface area contributed by atoms with Crippen LogP contribution in [-0.2, 0) is 11.3 Å². The van der Waals surface area contributed by atoms with Crippen LogP contribution in [0.5, 0.6) is 0 Å². The van der Waals surface area contributed by atoms with Gasteiger partial charge in [0, 0.05) is 18.2 Å². The molecule has 0 spiro atoms. The van der Waals surface area contributed by atoms with Gasteiger partial charge in [-0.1, -0.05) is 0 Å². The molecule has 2 rings (SSSR count). The van der Waals surface area contributed by atoms with E-state index in [4.69, 9.17) is 0 Å². The van der Waals surface area contributed by atoms with E-state index in [1.165, 1.54) is 0 Å². The smallest absolute Gasteiger partial charge is 0.239 e. The first-order chi connectivity index (χ1) is 10.6. The van der Waals surface area contributed by atoms with Crippen LogP contribution in [0.15, 0.2) is 23.2 Å². The summed E-state index contributed by atoms with van der Waals surface area (Å²) >= 11 is 0. The molecule has 1 fully saturated rings. The fraction of sp³-hybridized carbons (Fsp3) is 0.467. The van der Waals surface area contributed by atoms with Crippen LogP contribution in [-0.4, -0.2) is 31.0 Å². The highest BCUT2D eigenvalue weighted by molar-refractivity contribution is 14.0. The van der Waals surface area contributed by atoms with Crippen LogP contribution in [0.2, 0.25) is 0 Å². The molecular weight excluding hydrogens is 417 g/mol. The highest BCUT2D eigenvalue weighted by Crippen LogP contribution is 2.18. The molecule has 23 heavy (non-hydrogen) atoms. The van der Waals surface area contributed by atoms with E-state index in [2.05, 4.69) is 20.9 Å². The first kappa shape index (κ1) is 19.6. The Bertz CT molecular complexity index is 564. The minimum atomic E-state index is -0.507. The zero-order chi connectivity index (χ0) is 15.9. The summed E-state index contributed by atoms with van der Waals surface area (Å²) in [4.78, 5) is 15.8. The van der Waals surface area contributed by atoms with E-state index in [0.717, 1.165) is 31.0 Å². The van der Waals surface area contributed by atoms with E-state index in [1.807, 2.05) is 6.92 Å². The molecule has 0 saturated heterocycles. The summed E-state index contributed by atoms with van der Waals surface area (Å²) in [5.74, 6) is -0.733. The molecule has 8 heteroatoms. The van der Waals surface area contributed by atoms with Gasteiger partial charge in [0.25, 0.3) is 0 Å². The van der Waals surface area contributed by atoms with Gasteiger partial charge < -0.3 is 16.0 Å². The predicted octanol–water partition coefficient (Wildman–Crippen LogP) is 1.92. The molecule has 1 aliphatic rings. The topological polar surface area (TPSA) is 65.5 Å². The zero-order valence-electron chi connectivity index (χ0n) is 12.9. The molecule has 0 bridgehead atoms. The molecule has 0 aliphatic heterocycles. The summed E-state index contributed by atoms with van der Waals surface area (Å²) in [6.07, 6.45) is 2.05. The molecule has 0 heterocycles. The summed E-state index contributed by atoms with van der Waals surface area (Å²) in [6.45, 7) is 2.56. The second-order valence-electron chi connectivity index (χ2n) is 5.13. The Balaban J connectivity index is 0.00000264. The van der Waals surface area contributed by atoms with Crippen molar-refractivity contribution in [2.24, 2.45) is 4.99 Å². The summed E-state index contributed by atoms with van der Waals surface area (Å²) in [5.41, 5.74) is 0.166. The largest absolute Gasteiger partial charge is 0.357 e. The summed E-state index contributed by atoms with van der Waals surface area (Å²) in [6, 6.07) is 3.55. The van der Waals surface area contributed by atoms with Crippen LogP contribution in [0.25, 0.3) is 0 Å². The van der Waals surface area contributed by atoms with Gasteiger partial charge in [0.2, 0.25) is 5.91 Å². The number of amides is 1. The van der Waals surface area contributed by atoms with Crippen LogP contribution >= 0.6 is 24.0 Å². The molecule has 0 radical (unpaired) electrons. The number of rotatable bonds is 6. The van der Waals surface area contributed by atoms with Crippen molar-refractivity contribution in [3.05, 3.63) is 35.4 Å². The van der Waals surface area contributed by atoms with Crippen LogP contribution in [0.1, 0.15) is 25.3 Å². The van der Waals surface area contributed by atoms with Crippen molar-refractivity contribution in [2.45, 2.75) is 32.4 Å². The summed E-state index contributed by atoms with van der Waals surface area (Å²) in [7, 11) is 0. The van der Waals surface area contributed by atoms with Gasteiger partial charge in [-0.2, -0.15) is 0 Å². The predicted molar refractivity (Wildman–Crippen MR) is 95.8 cm³/mol. The minimum absolute atomic E-state index is 0. The Morgan fingerprint density at radius 1 is 1.30 bits per heavy atom. The number of hydrogen-bond acceptors (Lipinski definition) is 2. The first-order valence-corrected chi connectivity index (χ1v) is 7.34. The third kappa shape index (κ3) is 7.10. The number of hydrogen-bond donors (Lipinski definition) is 3. The van der Waals surface area contributed by atoms with Gasteiger partial charge in [-0.3, -0.25) is 4.79 Å². The lowest BCUT2D eigenvalue weighted by Gasteiger charge is -2.11. The molecule has 0 atom stereocenters. The van der Waals surface area contributed by atoms with E-state index in [0.29, 0.717) is 18.5 Å². The number of carbonyl (C=O) groups is 1. The maximum absolute atomic E-state index is 13.5. The van der Waals surface area contributed by atoms with E-state index >= 15 is 0 Å². The van der Waals surface area contributed by atoms with Gasteiger partial charge >= 0.3 is 0 Å². The number of aliphatic imine (C=N–C) groups is 1. The number of halogens is 3. The number of nitrogens with zero attached hydrogens (tertiary/aromatic N) is 1. The molecular formula is C15H21F2IN4O. The second kappa shape index (κ2) is 9.64. The van der Waals surface area contributed by atoms with Gasteiger partial charge in [-0.15, -0.1) is 24.0 Å². The number of nitrogens with one attached hydrogen (secondary N) is 3. The van der Waals surface area contributed by atoms with Crippen LogP contribution in [0, 0.1) is 11.6 Å². The fourth-order valence-corrected chi connectivity index (χ4v) is 1.84. The molecule has 1 aliphatic carbocycles. The molecule has 0 aromatic heterocycles. The third-order valence-corrected chi connectivity index (χ3v) is 3.12. The second-order valence-corrected chi connectivity index (χ2v) is 5.13. The average molecular weight is 438 g/mol. The monoisotopic (exact) mass is 438 g/mol. The lowest BCUT2D eigenvalue weighted by atomic mass is 10.2. The van der Waals surface area contributed by atoms with E-state index in [-0.39, 0.29) is 48.5 Å². The van der Waals surface area contributed by atoms with Gasteiger partial charge in [-0.25, -0.2) is 13.8 Å². The molecule has 128 valence electrons. The number of guanidine groups is 1. The standard InChI is InChI=1S/C15H20F2N4O.HI/c1-2-18-15(20-9-14(22)21-12-4-5-12)19-8-10-7-11(16)3-6-13(10)17;/h3,6-7,12H,2,4-5,8-9H2,1H3,(H,21,22)(H2,18,19,20);1H. The van der Waals surface area contributed by atoms with Crippen molar-refractivity contribution in [2.75, 3.05) is 13.1 Å². The molecule has 1 aromatic rings. The van der Waals surface area contributed by atoms with Crippen molar-refractivity contribution in [3.63, 3.8) is 0 Å². The summed E-state index contributed by atoms with van der Waals surface area (Å²) in [5, 5.41) is 8.67. The van der Waals surface area contributed by atoms with Crippen molar-refractivity contribution < 1.29 is 13.6 Å². The molecule has 1 aromatic carbocycles. The van der Waals surface area contributed by atoms with Crippen LogP contribution < -0.4 is 16.0 Å². The Morgan fingerprint density at radius 2 is 2.04 bits per heavy atom. The summed E-state index contributed by atoms with van der Waals surface area (Å²) < 4.78 is 26.6. The van der Waals surface area contributed by atoms with E-state index in [9.17, 15) is 13.6 Å². The number of carbonyl (C=O) groups excluding carboxylic acids is 1. The quantitative estimate of drug-likeness (QED) is 0.361. The third-order valence-electron chi connectivity index (χ3n) is 3.12. The Labute approximate surface area is 151 Å². The number of benzene rings is 1. The highest BCUT2D eigenvalue weighted by atomic mass is 127. The molecule has 1 saturated carbocycles. The minimum Gasteiger partial charge on any atom is -0.357 e. The maximum atomic E-state index is 13.5. The molecule has 5 nitrogen and oxygen atoms in total. The van der Waals surface area contributed by atoms with Gasteiger partial charge in [0.15, 0.2) is 5.96 Å². The van der Waals surface area contributed by atoms with Gasteiger partial charge in [0.1, 0.15) is 11.6 Å². The fourth-order valence-electron chi connectivity index (χ4n) is 1.84. The Hall–Kier alpha value is -1.45. The van der Waals surface area contributed by atoms with E-state index < -0.39 is 11.6 Å². The Kier molecular flexibility index (Phi) is 8.21. The van der Waals surface area contributed by atoms with Crippen molar-refractivity contribution in [1.82, 2.24) is 16.0 Å². The van der Waals surface area contributed by atoms with Crippen LogP contribution in [0.4, 0.5) is 8.78 Å². The SMILES string of the molecule is CCNC(=NCc1cc(F)ccc1F)NCC(=O)NC1CC1.I. The van der Waals surface area contributed by atoms with E-state index in [1.54, 1.807) is 0 Å². The molecule has 3 N–H and O–H groups in total. The normalized spacial score (nSPS) is 14.0. The highest BCUT2D eigenvalue weighted by Gasteiger charge is 2.22. The first-order valence-electron chi connectivity index (χ1n) is 7.34.